The van der Waals surface area contributed by atoms with Crippen molar-refractivity contribution in [2.45, 2.75) is 0 Å². The second kappa shape index (κ2) is 7.49. The average molecular weight is 334 g/mol. The second-order valence-electron chi connectivity index (χ2n) is 5.35. The van der Waals surface area contributed by atoms with E-state index in [4.69, 9.17) is 9.47 Å². The van der Waals surface area contributed by atoms with Gasteiger partial charge in [0.2, 0.25) is 0 Å². The van der Waals surface area contributed by atoms with Crippen molar-refractivity contribution in [3.8, 4) is 22.6 Å². The fraction of sp³-hybridized carbons (Fsp3) is 0.100. The van der Waals surface area contributed by atoms with Crippen LogP contribution in [0.5, 0.6) is 11.5 Å². The van der Waals surface area contributed by atoms with Gasteiger partial charge in [0.05, 0.1) is 25.5 Å². The van der Waals surface area contributed by atoms with Crippen LogP contribution in [-0.4, -0.2) is 25.1 Å². The number of anilines is 1. The maximum Gasteiger partial charge on any atom is 0.257 e. The van der Waals surface area contributed by atoms with Crippen molar-refractivity contribution in [3.05, 3.63) is 72.6 Å². The summed E-state index contributed by atoms with van der Waals surface area (Å²) >= 11 is 0. The number of pyridine rings is 1. The molecule has 0 atom stereocenters. The van der Waals surface area contributed by atoms with Crippen molar-refractivity contribution in [1.82, 2.24) is 4.98 Å². The lowest BCUT2D eigenvalue weighted by Gasteiger charge is -2.12. The number of carbonyl (C=O) groups is 1. The van der Waals surface area contributed by atoms with Gasteiger partial charge in [-0.2, -0.15) is 0 Å². The molecule has 0 aliphatic carbocycles. The van der Waals surface area contributed by atoms with Crippen molar-refractivity contribution < 1.29 is 14.3 Å². The minimum Gasteiger partial charge on any atom is -0.497 e. The molecule has 0 aliphatic heterocycles. The van der Waals surface area contributed by atoms with Gasteiger partial charge in [0.25, 0.3) is 5.91 Å². The van der Waals surface area contributed by atoms with Crippen LogP contribution in [0.25, 0.3) is 11.1 Å². The van der Waals surface area contributed by atoms with E-state index < -0.39 is 0 Å². The van der Waals surface area contributed by atoms with Gasteiger partial charge in [-0.15, -0.1) is 0 Å². The predicted molar refractivity (Wildman–Crippen MR) is 97.2 cm³/mol. The molecule has 1 amide bonds. The Morgan fingerprint density at radius 2 is 1.72 bits per heavy atom. The number of ether oxygens (including phenoxy) is 2. The lowest BCUT2D eigenvalue weighted by atomic mass is 10.1. The standard InChI is InChI=1S/C20H18N2O3/c1-24-17-8-9-18(19(11-17)25-2)22-20(23)16-10-15(12-21-13-16)14-6-4-3-5-7-14/h3-13H,1-2H3,(H,22,23). The van der Waals surface area contributed by atoms with Crippen LogP contribution < -0.4 is 14.8 Å². The quantitative estimate of drug-likeness (QED) is 0.765. The van der Waals surface area contributed by atoms with Gasteiger partial charge < -0.3 is 14.8 Å². The van der Waals surface area contributed by atoms with Crippen LogP contribution in [0.1, 0.15) is 10.4 Å². The normalized spacial score (nSPS) is 10.2. The number of methoxy groups -OCH3 is 2. The molecule has 0 unspecified atom stereocenters. The fourth-order valence-electron chi connectivity index (χ4n) is 2.45. The largest absolute Gasteiger partial charge is 0.497 e. The third-order valence-electron chi connectivity index (χ3n) is 3.76. The first-order chi connectivity index (χ1) is 12.2. The van der Waals surface area contributed by atoms with Crippen LogP contribution in [0.15, 0.2) is 67.0 Å². The van der Waals surface area contributed by atoms with E-state index in [0.717, 1.165) is 11.1 Å². The van der Waals surface area contributed by atoms with E-state index in [-0.39, 0.29) is 5.91 Å². The van der Waals surface area contributed by atoms with Crippen LogP contribution in [0.3, 0.4) is 0 Å². The molecule has 1 N–H and O–H groups in total. The van der Waals surface area contributed by atoms with Crippen LogP contribution in [-0.2, 0) is 0 Å². The number of benzene rings is 2. The smallest absolute Gasteiger partial charge is 0.257 e. The van der Waals surface area contributed by atoms with Gasteiger partial charge in [0.1, 0.15) is 11.5 Å². The molecule has 1 heterocycles. The third kappa shape index (κ3) is 3.77. The predicted octanol–water partition coefficient (Wildman–Crippen LogP) is 4.02. The van der Waals surface area contributed by atoms with Crippen LogP contribution in [0, 0.1) is 0 Å². The maximum atomic E-state index is 12.6. The summed E-state index contributed by atoms with van der Waals surface area (Å²) in [6.45, 7) is 0. The van der Waals surface area contributed by atoms with Gasteiger partial charge >= 0.3 is 0 Å². The summed E-state index contributed by atoms with van der Waals surface area (Å²) in [5.74, 6) is 0.927. The first kappa shape index (κ1) is 16.5. The molecule has 5 heteroatoms. The van der Waals surface area contributed by atoms with E-state index in [9.17, 15) is 4.79 Å². The number of aromatic nitrogens is 1. The molecule has 0 bridgehead atoms. The van der Waals surface area contributed by atoms with Crippen molar-refractivity contribution in [1.29, 1.82) is 0 Å². The Bertz CT molecular complexity index is 879. The zero-order chi connectivity index (χ0) is 17.6. The van der Waals surface area contributed by atoms with Crippen LogP contribution >= 0.6 is 0 Å². The summed E-state index contributed by atoms with van der Waals surface area (Å²) in [5.41, 5.74) is 2.93. The summed E-state index contributed by atoms with van der Waals surface area (Å²) < 4.78 is 10.5. The highest BCUT2D eigenvalue weighted by Gasteiger charge is 2.12. The minimum absolute atomic E-state index is 0.256. The Hall–Kier alpha value is -3.34. The topological polar surface area (TPSA) is 60.5 Å². The zero-order valence-corrected chi connectivity index (χ0v) is 14.0. The van der Waals surface area contributed by atoms with Crippen molar-refractivity contribution >= 4 is 11.6 Å². The Labute approximate surface area is 146 Å². The monoisotopic (exact) mass is 334 g/mol. The molecule has 2 aromatic carbocycles. The van der Waals surface area contributed by atoms with Crippen LogP contribution in [0.2, 0.25) is 0 Å². The summed E-state index contributed by atoms with van der Waals surface area (Å²) in [6, 6.07) is 16.8. The number of hydrogen-bond donors (Lipinski definition) is 1. The van der Waals surface area contributed by atoms with Crippen molar-refractivity contribution in [3.63, 3.8) is 0 Å². The molecule has 0 radical (unpaired) electrons. The SMILES string of the molecule is COc1ccc(NC(=O)c2cncc(-c3ccccc3)c2)c(OC)c1. The molecule has 1 aromatic heterocycles. The molecule has 0 saturated carbocycles. The molecule has 3 aromatic rings. The first-order valence-corrected chi connectivity index (χ1v) is 7.75. The lowest BCUT2D eigenvalue weighted by Crippen LogP contribution is -2.13. The van der Waals surface area contributed by atoms with Gasteiger partial charge in [0.15, 0.2) is 0 Å². The van der Waals surface area contributed by atoms with E-state index in [1.54, 1.807) is 38.6 Å². The number of nitrogens with zero attached hydrogens (tertiary/aromatic N) is 1. The van der Waals surface area contributed by atoms with E-state index in [0.29, 0.717) is 22.7 Å². The summed E-state index contributed by atoms with van der Waals surface area (Å²) in [5, 5.41) is 2.85. The molecule has 0 spiro atoms. The molecule has 0 saturated heterocycles. The highest BCUT2D eigenvalue weighted by atomic mass is 16.5. The number of rotatable bonds is 5. The minimum atomic E-state index is -0.256. The van der Waals surface area contributed by atoms with Gasteiger partial charge in [0, 0.05) is 24.0 Å². The average Bonchev–Trinajstić information content (AvgIpc) is 2.69. The second-order valence-corrected chi connectivity index (χ2v) is 5.35. The molecule has 0 aliphatic rings. The lowest BCUT2D eigenvalue weighted by molar-refractivity contribution is 0.102. The first-order valence-electron chi connectivity index (χ1n) is 7.75. The highest BCUT2D eigenvalue weighted by molar-refractivity contribution is 6.05. The molecule has 25 heavy (non-hydrogen) atoms. The Morgan fingerprint density at radius 1 is 0.920 bits per heavy atom. The summed E-state index contributed by atoms with van der Waals surface area (Å²) in [7, 11) is 3.12. The molecular formula is C20H18N2O3. The highest BCUT2D eigenvalue weighted by Crippen LogP contribution is 2.29. The van der Waals surface area contributed by atoms with Gasteiger partial charge in [-0.05, 0) is 23.8 Å². The number of amides is 1. The van der Waals surface area contributed by atoms with Crippen molar-refractivity contribution in [2.75, 3.05) is 19.5 Å². The van der Waals surface area contributed by atoms with Crippen LogP contribution in [0.4, 0.5) is 5.69 Å². The Kier molecular flexibility index (Phi) is 4.95. The van der Waals surface area contributed by atoms with Crippen molar-refractivity contribution in [2.24, 2.45) is 0 Å². The third-order valence-corrected chi connectivity index (χ3v) is 3.76. The molecular weight excluding hydrogens is 316 g/mol. The van der Waals surface area contributed by atoms with E-state index in [1.165, 1.54) is 6.20 Å². The summed E-state index contributed by atoms with van der Waals surface area (Å²) in [6.07, 6.45) is 3.28. The number of hydrogen-bond acceptors (Lipinski definition) is 4. The molecule has 5 nitrogen and oxygen atoms in total. The number of nitrogens with one attached hydrogen (secondary N) is 1. The van der Waals surface area contributed by atoms with Gasteiger partial charge in [-0.25, -0.2) is 0 Å². The molecule has 3 rings (SSSR count). The number of carbonyl (C=O) groups excluding carboxylic acids is 1. The Morgan fingerprint density at radius 3 is 2.44 bits per heavy atom. The summed E-state index contributed by atoms with van der Waals surface area (Å²) in [4.78, 5) is 16.8. The van der Waals surface area contributed by atoms with E-state index >= 15 is 0 Å². The fourth-order valence-corrected chi connectivity index (χ4v) is 2.45. The van der Waals surface area contributed by atoms with Gasteiger partial charge in [-0.3, -0.25) is 9.78 Å². The Balaban J connectivity index is 1.85. The molecule has 0 fully saturated rings. The van der Waals surface area contributed by atoms with E-state index in [1.807, 2.05) is 36.4 Å². The van der Waals surface area contributed by atoms with E-state index in [2.05, 4.69) is 10.3 Å². The maximum absolute atomic E-state index is 12.6. The molecule has 126 valence electrons. The zero-order valence-electron chi connectivity index (χ0n) is 14.0. The van der Waals surface area contributed by atoms with Gasteiger partial charge in [-0.1, -0.05) is 30.3 Å².